The number of amides is 3. The van der Waals surface area contributed by atoms with Gasteiger partial charge in [-0.25, -0.2) is 4.90 Å². The third kappa shape index (κ3) is 4.02. The standard InChI is InChI=1S/C28H24N4O4/c1-17-25(18(2)31(30-17)16-19-8-6-11-22(14-19)36-3)29-26(33)20-9-7-10-21(15-20)32-27(34)23-12-4-5-13-24(23)28(32)35/h4-15H,16H2,1-3H3,(H,29,33). The normalized spacial score (nSPS) is 12.6. The van der Waals surface area contributed by atoms with Gasteiger partial charge in [0, 0.05) is 5.56 Å². The first-order chi connectivity index (χ1) is 17.4. The van der Waals surface area contributed by atoms with Crippen LogP contribution < -0.4 is 15.0 Å². The maximum atomic E-state index is 13.2. The van der Waals surface area contributed by atoms with E-state index in [4.69, 9.17) is 4.74 Å². The Morgan fingerprint density at radius 3 is 2.31 bits per heavy atom. The van der Waals surface area contributed by atoms with Gasteiger partial charge in [-0.1, -0.05) is 30.3 Å². The Morgan fingerprint density at radius 1 is 0.917 bits per heavy atom. The summed E-state index contributed by atoms with van der Waals surface area (Å²) in [4.78, 5) is 40.0. The molecule has 8 heteroatoms. The van der Waals surface area contributed by atoms with Gasteiger partial charge in [0.2, 0.25) is 0 Å². The molecule has 1 N–H and O–H groups in total. The number of methoxy groups -OCH3 is 1. The monoisotopic (exact) mass is 480 g/mol. The van der Waals surface area contributed by atoms with Crippen LogP contribution in [0.15, 0.2) is 72.8 Å². The summed E-state index contributed by atoms with van der Waals surface area (Å²) in [6.45, 7) is 4.25. The van der Waals surface area contributed by atoms with Crippen molar-refractivity contribution in [2.75, 3.05) is 17.3 Å². The largest absolute Gasteiger partial charge is 0.497 e. The molecule has 36 heavy (non-hydrogen) atoms. The van der Waals surface area contributed by atoms with Gasteiger partial charge in [0.05, 0.1) is 47.5 Å². The fourth-order valence-corrected chi connectivity index (χ4v) is 4.37. The molecule has 0 spiro atoms. The van der Waals surface area contributed by atoms with Gasteiger partial charge < -0.3 is 10.1 Å². The summed E-state index contributed by atoms with van der Waals surface area (Å²) in [5.74, 6) is -0.404. The number of fused-ring (bicyclic) bond motifs is 1. The van der Waals surface area contributed by atoms with Gasteiger partial charge in [-0.2, -0.15) is 5.10 Å². The van der Waals surface area contributed by atoms with Gasteiger partial charge >= 0.3 is 0 Å². The molecule has 0 fully saturated rings. The summed E-state index contributed by atoms with van der Waals surface area (Å²) < 4.78 is 7.13. The van der Waals surface area contributed by atoms with E-state index < -0.39 is 11.8 Å². The molecule has 0 radical (unpaired) electrons. The number of carbonyl (C=O) groups is 3. The van der Waals surface area contributed by atoms with Crippen molar-refractivity contribution in [1.82, 2.24) is 9.78 Å². The van der Waals surface area contributed by atoms with Crippen LogP contribution in [0.5, 0.6) is 5.75 Å². The highest BCUT2D eigenvalue weighted by Gasteiger charge is 2.36. The minimum absolute atomic E-state index is 0.323. The quantitative estimate of drug-likeness (QED) is 0.407. The average Bonchev–Trinajstić information content (AvgIpc) is 3.31. The van der Waals surface area contributed by atoms with Gasteiger partial charge in [-0.05, 0) is 61.9 Å². The van der Waals surface area contributed by atoms with E-state index in [1.165, 1.54) is 0 Å². The second-order valence-corrected chi connectivity index (χ2v) is 8.55. The summed E-state index contributed by atoms with van der Waals surface area (Å²) >= 11 is 0. The second-order valence-electron chi connectivity index (χ2n) is 8.55. The van der Waals surface area contributed by atoms with Gasteiger partial charge in [0.25, 0.3) is 17.7 Å². The molecule has 3 amide bonds. The van der Waals surface area contributed by atoms with Crippen molar-refractivity contribution in [2.24, 2.45) is 0 Å². The third-order valence-electron chi connectivity index (χ3n) is 6.25. The van der Waals surface area contributed by atoms with E-state index in [1.807, 2.05) is 42.8 Å². The van der Waals surface area contributed by atoms with Crippen molar-refractivity contribution in [1.29, 1.82) is 0 Å². The number of benzene rings is 3. The zero-order chi connectivity index (χ0) is 25.4. The van der Waals surface area contributed by atoms with Crippen LogP contribution >= 0.6 is 0 Å². The maximum Gasteiger partial charge on any atom is 0.266 e. The topological polar surface area (TPSA) is 93.5 Å². The molecule has 3 aromatic carbocycles. The minimum atomic E-state index is -0.404. The highest BCUT2D eigenvalue weighted by atomic mass is 16.5. The molecule has 0 atom stereocenters. The number of ether oxygens (including phenoxy) is 1. The third-order valence-corrected chi connectivity index (χ3v) is 6.25. The maximum absolute atomic E-state index is 13.2. The summed E-state index contributed by atoms with van der Waals surface area (Å²) in [7, 11) is 1.62. The first-order valence-electron chi connectivity index (χ1n) is 11.4. The van der Waals surface area contributed by atoms with Crippen LogP contribution in [0.1, 0.15) is 48.0 Å². The summed E-state index contributed by atoms with van der Waals surface area (Å²) in [5, 5.41) is 7.54. The number of aromatic nitrogens is 2. The first kappa shape index (κ1) is 23.0. The van der Waals surface area contributed by atoms with E-state index in [0.29, 0.717) is 40.3 Å². The van der Waals surface area contributed by atoms with Crippen molar-refractivity contribution in [2.45, 2.75) is 20.4 Å². The highest BCUT2D eigenvalue weighted by molar-refractivity contribution is 6.34. The molecule has 0 saturated carbocycles. The van der Waals surface area contributed by atoms with E-state index in [9.17, 15) is 14.4 Å². The van der Waals surface area contributed by atoms with Crippen molar-refractivity contribution in [3.63, 3.8) is 0 Å². The van der Waals surface area contributed by atoms with Crippen LogP contribution in [0.2, 0.25) is 0 Å². The number of anilines is 2. The Bertz CT molecular complexity index is 1490. The molecule has 180 valence electrons. The zero-order valence-corrected chi connectivity index (χ0v) is 20.1. The number of imide groups is 1. The molecular formula is C28H24N4O4. The highest BCUT2D eigenvalue weighted by Crippen LogP contribution is 2.29. The lowest BCUT2D eigenvalue weighted by Crippen LogP contribution is -2.29. The molecule has 5 rings (SSSR count). The van der Waals surface area contributed by atoms with Crippen molar-refractivity contribution >= 4 is 29.1 Å². The lowest BCUT2D eigenvalue weighted by Gasteiger charge is -2.15. The molecule has 8 nitrogen and oxygen atoms in total. The van der Waals surface area contributed by atoms with Crippen LogP contribution in [0, 0.1) is 13.8 Å². The zero-order valence-electron chi connectivity index (χ0n) is 20.1. The number of hydrogen-bond donors (Lipinski definition) is 1. The molecule has 4 aromatic rings. The lowest BCUT2D eigenvalue weighted by atomic mass is 10.1. The fourth-order valence-electron chi connectivity index (χ4n) is 4.37. The van der Waals surface area contributed by atoms with Crippen LogP contribution in [0.25, 0.3) is 0 Å². The lowest BCUT2D eigenvalue weighted by molar-refractivity contribution is 0.0924. The SMILES string of the molecule is COc1cccc(Cn2nc(C)c(NC(=O)c3cccc(N4C(=O)c5ccccc5C4=O)c3)c2C)c1. The molecule has 1 aliphatic rings. The Kier molecular flexibility index (Phi) is 5.85. The van der Waals surface area contributed by atoms with Crippen LogP contribution in [0.4, 0.5) is 11.4 Å². The summed E-state index contributed by atoms with van der Waals surface area (Å²) in [6.07, 6.45) is 0. The Labute approximate surface area is 208 Å². The second kappa shape index (κ2) is 9.14. The molecule has 1 aromatic heterocycles. The van der Waals surface area contributed by atoms with Crippen LogP contribution in [-0.4, -0.2) is 34.6 Å². The smallest absolute Gasteiger partial charge is 0.266 e. The molecule has 1 aliphatic heterocycles. The van der Waals surface area contributed by atoms with Gasteiger partial charge in [-0.3, -0.25) is 19.1 Å². The number of carbonyl (C=O) groups excluding carboxylic acids is 3. The van der Waals surface area contributed by atoms with E-state index in [-0.39, 0.29) is 5.91 Å². The average molecular weight is 481 g/mol. The van der Waals surface area contributed by atoms with Gasteiger partial charge in [0.1, 0.15) is 5.75 Å². The minimum Gasteiger partial charge on any atom is -0.497 e. The molecule has 0 aliphatic carbocycles. The van der Waals surface area contributed by atoms with Gasteiger partial charge in [-0.15, -0.1) is 0 Å². The first-order valence-corrected chi connectivity index (χ1v) is 11.4. The van der Waals surface area contributed by atoms with Crippen molar-refractivity contribution in [3.05, 3.63) is 106 Å². The van der Waals surface area contributed by atoms with E-state index in [0.717, 1.165) is 21.9 Å². The van der Waals surface area contributed by atoms with Crippen molar-refractivity contribution < 1.29 is 19.1 Å². The molecular weight excluding hydrogens is 456 g/mol. The molecule has 0 bridgehead atoms. The van der Waals surface area contributed by atoms with E-state index in [2.05, 4.69) is 10.4 Å². The van der Waals surface area contributed by atoms with Crippen molar-refractivity contribution in [3.8, 4) is 5.75 Å². The molecule has 0 unspecified atom stereocenters. The van der Waals surface area contributed by atoms with Crippen LogP contribution in [-0.2, 0) is 6.54 Å². The Hall–Kier alpha value is -4.72. The Balaban J connectivity index is 1.37. The van der Waals surface area contributed by atoms with E-state index in [1.54, 1.807) is 55.6 Å². The number of rotatable bonds is 6. The fraction of sp³-hybridized carbons (Fsp3) is 0.143. The predicted molar refractivity (Wildman–Crippen MR) is 136 cm³/mol. The molecule has 0 saturated heterocycles. The number of aryl methyl sites for hydroxylation is 1. The molecule has 2 heterocycles. The number of hydrogen-bond acceptors (Lipinski definition) is 5. The van der Waals surface area contributed by atoms with E-state index >= 15 is 0 Å². The van der Waals surface area contributed by atoms with Crippen LogP contribution in [0.3, 0.4) is 0 Å². The summed E-state index contributed by atoms with van der Waals surface area (Å²) in [6, 6.07) is 20.9. The van der Waals surface area contributed by atoms with Gasteiger partial charge in [0.15, 0.2) is 0 Å². The summed E-state index contributed by atoms with van der Waals surface area (Å²) in [5.41, 5.74) is 4.50. The Morgan fingerprint density at radius 2 is 1.61 bits per heavy atom. The predicted octanol–water partition coefficient (Wildman–Crippen LogP) is 4.61. The number of nitrogens with one attached hydrogen (secondary N) is 1. The number of nitrogens with zero attached hydrogens (tertiary/aromatic N) is 3.